The highest BCUT2D eigenvalue weighted by atomic mass is 28.4. The van der Waals surface area contributed by atoms with Crippen LogP contribution in [0.3, 0.4) is 0 Å². The summed E-state index contributed by atoms with van der Waals surface area (Å²) >= 11 is 0. The molecule has 0 amide bonds. The Morgan fingerprint density at radius 2 is 1.85 bits per heavy atom. The first-order valence-corrected chi connectivity index (χ1v) is 12.0. The van der Waals surface area contributed by atoms with Gasteiger partial charge < -0.3 is 13.9 Å². The second kappa shape index (κ2) is 10.5. The van der Waals surface area contributed by atoms with E-state index >= 15 is 0 Å². The zero-order valence-corrected chi connectivity index (χ0v) is 18.0. The first-order chi connectivity index (χ1) is 12.2. The third kappa shape index (κ3) is 7.73. The molecule has 0 fully saturated rings. The number of nitriles is 1. The Morgan fingerprint density at radius 1 is 1.19 bits per heavy atom. The number of hydrogen-bond donors (Lipinski definition) is 0. The average Bonchev–Trinajstić information content (AvgIpc) is 2.58. The molecule has 0 saturated carbocycles. The molecule has 1 rings (SSSR count). The lowest BCUT2D eigenvalue weighted by molar-refractivity contribution is 0.0310. The van der Waals surface area contributed by atoms with Crippen LogP contribution in [0.4, 0.5) is 0 Å². The van der Waals surface area contributed by atoms with Crippen molar-refractivity contribution in [2.24, 2.45) is 0 Å². The van der Waals surface area contributed by atoms with Crippen molar-refractivity contribution in [1.82, 2.24) is 0 Å². The molecule has 1 unspecified atom stereocenters. The lowest BCUT2D eigenvalue weighted by Gasteiger charge is -2.39. The van der Waals surface area contributed by atoms with Gasteiger partial charge in [-0.2, -0.15) is 5.26 Å². The number of nitrogens with zero attached hydrogens (tertiary/aromatic N) is 1. The molecule has 0 heterocycles. The quantitative estimate of drug-likeness (QED) is 0.402. The summed E-state index contributed by atoms with van der Waals surface area (Å²) in [4.78, 5) is 0. The molecule has 0 N–H and O–H groups in total. The molecule has 0 radical (unpaired) electrons. The van der Waals surface area contributed by atoms with Gasteiger partial charge in [0.25, 0.3) is 0 Å². The molecule has 0 aromatic heterocycles. The van der Waals surface area contributed by atoms with E-state index in [9.17, 15) is 0 Å². The van der Waals surface area contributed by atoms with Crippen molar-refractivity contribution in [1.29, 1.82) is 5.26 Å². The van der Waals surface area contributed by atoms with Crippen molar-refractivity contribution < 1.29 is 13.9 Å². The minimum absolute atomic E-state index is 0.0393. The van der Waals surface area contributed by atoms with Crippen molar-refractivity contribution in [3.05, 3.63) is 42.0 Å². The van der Waals surface area contributed by atoms with Crippen LogP contribution in [0, 0.1) is 11.3 Å². The summed E-state index contributed by atoms with van der Waals surface area (Å²) in [5, 5.41) is 8.79. The van der Waals surface area contributed by atoms with Crippen LogP contribution < -0.4 is 4.74 Å². The fourth-order valence-corrected chi connectivity index (χ4v) is 3.59. The van der Waals surface area contributed by atoms with E-state index in [0.29, 0.717) is 13.2 Å². The van der Waals surface area contributed by atoms with E-state index in [2.05, 4.69) is 33.9 Å². The number of methoxy groups -OCH3 is 1. The van der Waals surface area contributed by atoms with Crippen LogP contribution in [0.25, 0.3) is 0 Å². The van der Waals surface area contributed by atoms with E-state index in [1.54, 1.807) is 7.11 Å². The summed E-state index contributed by atoms with van der Waals surface area (Å²) in [6.45, 7) is 12.3. The van der Waals surface area contributed by atoms with Crippen LogP contribution in [0.15, 0.2) is 36.4 Å². The highest BCUT2D eigenvalue weighted by molar-refractivity contribution is 6.74. The molecule has 0 aliphatic rings. The first kappa shape index (κ1) is 22.4. The molecule has 0 aliphatic carbocycles. The maximum atomic E-state index is 8.63. The highest BCUT2D eigenvalue weighted by Crippen LogP contribution is 2.37. The molecule has 4 nitrogen and oxygen atoms in total. The van der Waals surface area contributed by atoms with Gasteiger partial charge in [-0.3, -0.25) is 0 Å². The Morgan fingerprint density at radius 3 is 2.38 bits per heavy atom. The predicted molar refractivity (Wildman–Crippen MR) is 109 cm³/mol. The predicted octanol–water partition coefficient (Wildman–Crippen LogP) is 5.46. The lowest BCUT2D eigenvalue weighted by atomic mass is 10.2. The molecular weight excluding hydrogens is 342 g/mol. The molecule has 26 heavy (non-hydrogen) atoms. The van der Waals surface area contributed by atoms with Gasteiger partial charge in [-0.05, 0) is 48.7 Å². The maximum absolute atomic E-state index is 8.63. The van der Waals surface area contributed by atoms with Gasteiger partial charge in [0, 0.05) is 6.08 Å². The zero-order valence-electron chi connectivity index (χ0n) is 17.0. The van der Waals surface area contributed by atoms with Gasteiger partial charge in [-0.1, -0.05) is 39.0 Å². The van der Waals surface area contributed by atoms with E-state index in [4.69, 9.17) is 19.2 Å². The summed E-state index contributed by atoms with van der Waals surface area (Å²) < 4.78 is 17.6. The van der Waals surface area contributed by atoms with Crippen LogP contribution in [0.1, 0.15) is 39.2 Å². The van der Waals surface area contributed by atoms with Crippen LogP contribution >= 0.6 is 0 Å². The second-order valence-corrected chi connectivity index (χ2v) is 12.7. The highest BCUT2D eigenvalue weighted by Gasteiger charge is 2.39. The van der Waals surface area contributed by atoms with Crippen molar-refractivity contribution in [2.45, 2.75) is 64.5 Å². The van der Waals surface area contributed by atoms with Gasteiger partial charge in [0.2, 0.25) is 0 Å². The minimum Gasteiger partial charge on any atom is -0.497 e. The van der Waals surface area contributed by atoms with E-state index in [1.807, 2.05) is 36.4 Å². The summed E-state index contributed by atoms with van der Waals surface area (Å²) in [6, 6.07) is 9.94. The smallest absolute Gasteiger partial charge is 0.192 e. The van der Waals surface area contributed by atoms with Crippen LogP contribution in [0.2, 0.25) is 18.1 Å². The average molecular weight is 376 g/mol. The first-order valence-electron chi connectivity index (χ1n) is 9.12. The van der Waals surface area contributed by atoms with Gasteiger partial charge in [0.05, 0.1) is 32.5 Å². The Labute approximate surface area is 159 Å². The Kier molecular flexibility index (Phi) is 9.07. The number of allylic oxidation sites excluding steroid dienone is 2. The van der Waals surface area contributed by atoms with Crippen LogP contribution in [0.5, 0.6) is 5.75 Å². The summed E-state index contributed by atoms with van der Waals surface area (Å²) in [6.07, 6.45) is 5.14. The maximum Gasteiger partial charge on any atom is 0.192 e. The largest absolute Gasteiger partial charge is 0.497 e. The normalized spacial score (nSPS) is 13.6. The van der Waals surface area contributed by atoms with Gasteiger partial charge in [0.1, 0.15) is 5.75 Å². The third-order valence-electron chi connectivity index (χ3n) is 4.85. The SMILES string of the molecule is COc1ccc(COCC(CCC=CC#N)O[Si](C)(C)C(C)(C)C)cc1. The number of ether oxygens (including phenoxy) is 2. The molecule has 0 bridgehead atoms. The Hall–Kier alpha value is -1.61. The molecule has 0 spiro atoms. The Bertz CT molecular complexity index is 597. The van der Waals surface area contributed by atoms with E-state index in [-0.39, 0.29) is 11.1 Å². The lowest BCUT2D eigenvalue weighted by Crippen LogP contribution is -2.45. The molecular formula is C21H33NO3Si. The van der Waals surface area contributed by atoms with Crippen LogP contribution in [-0.2, 0) is 15.8 Å². The molecule has 144 valence electrons. The van der Waals surface area contributed by atoms with Gasteiger partial charge in [-0.15, -0.1) is 0 Å². The topological polar surface area (TPSA) is 51.5 Å². The Balaban J connectivity index is 2.62. The summed E-state index contributed by atoms with van der Waals surface area (Å²) in [5.74, 6) is 0.845. The molecule has 0 aliphatic heterocycles. The van der Waals surface area contributed by atoms with Crippen molar-refractivity contribution in [3.63, 3.8) is 0 Å². The van der Waals surface area contributed by atoms with E-state index < -0.39 is 8.32 Å². The van der Waals surface area contributed by atoms with Gasteiger partial charge in [0.15, 0.2) is 8.32 Å². The summed E-state index contributed by atoms with van der Waals surface area (Å²) in [7, 11) is -0.202. The third-order valence-corrected chi connectivity index (χ3v) is 9.38. The number of hydrogen-bond acceptors (Lipinski definition) is 4. The van der Waals surface area contributed by atoms with E-state index in [1.165, 1.54) is 6.08 Å². The number of rotatable bonds is 10. The minimum atomic E-state index is -1.86. The fourth-order valence-electron chi connectivity index (χ4n) is 2.22. The summed E-state index contributed by atoms with van der Waals surface area (Å²) in [5.41, 5.74) is 1.11. The fraction of sp³-hybridized carbons (Fsp3) is 0.571. The second-order valence-electron chi connectivity index (χ2n) is 7.97. The zero-order chi connectivity index (χ0) is 19.6. The van der Waals surface area contributed by atoms with Crippen molar-refractivity contribution in [3.8, 4) is 11.8 Å². The monoisotopic (exact) mass is 375 g/mol. The van der Waals surface area contributed by atoms with E-state index in [0.717, 1.165) is 24.2 Å². The van der Waals surface area contributed by atoms with Gasteiger partial charge >= 0.3 is 0 Å². The van der Waals surface area contributed by atoms with Gasteiger partial charge in [-0.25, -0.2) is 0 Å². The molecule has 5 heteroatoms. The van der Waals surface area contributed by atoms with Crippen molar-refractivity contribution in [2.75, 3.05) is 13.7 Å². The standard InChI is InChI=1S/C21H33NO3Si/c1-21(2,3)26(5,6)25-20(10-8-7-9-15-22)17-24-16-18-11-13-19(23-4)14-12-18/h7,9,11-14,20H,8,10,16-17H2,1-6H3. The number of benzene rings is 1. The molecule has 0 saturated heterocycles. The molecule has 1 aromatic carbocycles. The molecule has 1 aromatic rings. The molecule has 1 atom stereocenters. The van der Waals surface area contributed by atoms with Crippen molar-refractivity contribution >= 4 is 8.32 Å². The van der Waals surface area contributed by atoms with Crippen LogP contribution in [-0.4, -0.2) is 28.1 Å².